The normalized spacial score (nSPS) is 22.2. The van der Waals surface area contributed by atoms with E-state index in [2.05, 4.69) is 12.2 Å². The summed E-state index contributed by atoms with van der Waals surface area (Å²) in [4.78, 5) is 22.6. The van der Waals surface area contributed by atoms with Crippen molar-refractivity contribution in [1.29, 1.82) is 0 Å². The van der Waals surface area contributed by atoms with E-state index >= 15 is 0 Å². The molecule has 0 bridgehead atoms. The lowest BCUT2D eigenvalue weighted by molar-refractivity contribution is 0.0999. The van der Waals surface area contributed by atoms with Crippen molar-refractivity contribution in [3.05, 3.63) is 10.4 Å². The van der Waals surface area contributed by atoms with E-state index in [-0.39, 0.29) is 16.1 Å². The molecule has 2 rings (SSSR count). The molecule has 6 nitrogen and oxygen atoms in total. The summed E-state index contributed by atoms with van der Waals surface area (Å²) in [5.41, 5.74) is 16.4. The van der Waals surface area contributed by atoms with E-state index in [0.717, 1.165) is 17.8 Å². The number of nitrogens with two attached hydrogens (primary N) is 3. The molecular formula is C10H14N4O2S. The van der Waals surface area contributed by atoms with E-state index in [9.17, 15) is 9.59 Å². The fraction of sp³-hybridized carbons (Fsp3) is 0.400. The largest absolute Gasteiger partial charge is 0.397 e. The molecular weight excluding hydrogens is 240 g/mol. The number of thiophene rings is 1. The van der Waals surface area contributed by atoms with Crippen LogP contribution in [0.2, 0.25) is 0 Å². The first kappa shape index (κ1) is 11.7. The number of nitrogens with one attached hydrogen (secondary N) is 1. The summed E-state index contributed by atoms with van der Waals surface area (Å²) in [7, 11) is 0. The highest BCUT2D eigenvalue weighted by molar-refractivity contribution is 7.19. The van der Waals surface area contributed by atoms with Crippen LogP contribution in [0.3, 0.4) is 0 Å². The number of amides is 2. The Kier molecular flexibility index (Phi) is 2.70. The van der Waals surface area contributed by atoms with Crippen molar-refractivity contribution in [2.24, 2.45) is 17.4 Å². The molecule has 1 fully saturated rings. The number of hydrogen-bond acceptors (Lipinski definition) is 5. The fourth-order valence-corrected chi connectivity index (χ4v) is 2.70. The first-order chi connectivity index (χ1) is 7.91. The summed E-state index contributed by atoms with van der Waals surface area (Å²) in [5, 5.41) is 3.70. The van der Waals surface area contributed by atoms with Gasteiger partial charge < -0.3 is 22.5 Å². The van der Waals surface area contributed by atoms with Crippen molar-refractivity contribution < 1.29 is 9.59 Å². The van der Waals surface area contributed by atoms with Gasteiger partial charge in [0.25, 0.3) is 11.8 Å². The van der Waals surface area contributed by atoms with E-state index < -0.39 is 11.8 Å². The maximum atomic E-state index is 11.3. The molecule has 2 amide bonds. The van der Waals surface area contributed by atoms with E-state index in [4.69, 9.17) is 17.2 Å². The predicted molar refractivity (Wildman–Crippen MR) is 67.0 cm³/mol. The van der Waals surface area contributed by atoms with Crippen molar-refractivity contribution in [2.45, 2.75) is 19.4 Å². The quantitative estimate of drug-likeness (QED) is 0.618. The summed E-state index contributed by atoms with van der Waals surface area (Å²) in [5.74, 6) is -0.745. The van der Waals surface area contributed by atoms with Gasteiger partial charge in [-0.3, -0.25) is 9.59 Å². The van der Waals surface area contributed by atoms with Crippen LogP contribution in [-0.2, 0) is 0 Å². The van der Waals surface area contributed by atoms with Gasteiger partial charge in [0.15, 0.2) is 0 Å². The highest BCUT2D eigenvalue weighted by Gasteiger charge is 2.34. The lowest BCUT2D eigenvalue weighted by Gasteiger charge is -2.03. The second-order valence-corrected chi connectivity index (χ2v) is 5.26. The van der Waals surface area contributed by atoms with Crippen molar-refractivity contribution in [1.82, 2.24) is 0 Å². The van der Waals surface area contributed by atoms with Crippen LogP contribution in [0.25, 0.3) is 0 Å². The van der Waals surface area contributed by atoms with Crippen molar-refractivity contribution in [2.75, 3.05) is 11.1 Å². The Morgan fingerprint density at radius 3 is 2.35 bits per heavy atom. The topological polar surface area (TPSA) is 124 Å². The second-order valence-electron chi connectivity index (χ2n) is 4.24. The lowest BCUT2D eigenvalue weighted by Crippen LogP contribution is -2.17. The average molecular weight is 254 g/mol. The molecule has 1 aliphatic carbocycles. The molecule has 1 aromatic heterocycles. The Hall–Kier alpha value is -1.76. The van der Waals surface area contributed by atoms with Crippen LogP contribution in [-0.4, -0.2) is 17.9 Å². The highest BCUT2D eigenvalue weighted by atomic mass is 32.1. The molecule has 0 spiro atoms. The maximum absolute atomic E-state index is 11.3. The zero-order valence-electron chi connectivity index (χ0n) is 9.32. The molecule has 0 radical (unpaired) electrons. The van der Waals surface area contributed by atoms with Crippen LogP contribution >= 0.6 is 11.3 Å². The molecule has 0 aliphatic heterocycles. The van der Waals surface area contributed by atoms with E-state index in [1.165, 1.54) is 0 Å². The molecule has 7 N–H and O–H groups in total. The molecule has 92 valence electrons. The Labute approximate surface area is 102 Å². The third kappa shape index (κ3) is 2.05. The molecule has 0 saturated heterocycles. The fourth-order valence-electron chi connectivity index (χ4n) is 1.66. The van der Waals surface area contributed by atoms with Gasteiger partial charge in [0.1, 0.15) is 9.88 Å². The maximum Gasteiger partial charge on any atom is 0.260 e. The first-order valence-corrected chi connectivity index (χ1v) is 6.01. The van der Waals surface area contributed by atoms with Gasteiger partial charge in [-0.05, 0) is 12.3 Å². The summed E-state index contributed by atoms with van der Waals surface area (Å²) < 4.78 is 0. The van der Waals surface area contributed by atoms with Gasteiger partial charge in [0.05, 0.1) is 11.3 Å². The van der Waals surface area contributed by atoms with Gasteiger partial charge in [0.2, 0.25) is 0 Å². The summed E-state index contributed by atoms with van der Waals surface area (Å²) in [6.45, 7) is 2.09. The van der Waals surface area contributed by atoms with Crippen LogP contribution in [0, 0.1) is 5.92 Å². The number of anilines is 2. The van der Waals surface area contributed by atoms with Crippen molar-refractivity contribution in [3.63, 3.8) is 0 Å². The number of carbonyl (C=O) groups excluding carboxylic acids is 2. The SMILES string of the molecule is CC1CC1Nc1sc(C(N)=O)c(N)c1C(N)=O. The van der Waals surface area contributed by atoms with E-state index in [0.29, 0.717) is 17.0 Å². The average Bonchev–Trinajstić information content (AvgIpc) is 2.76. The Morgan fingerprint density at radius 1 is 1.35 bits per heavy atom. The molecule has 17 heavy (non-hydrogen) atoms. The third-order valence-electron chi connectivity index (χ3n) is 2.84. The van der Waals surface area contributed by atoms with Gasteiger partial charge in [-0.2, -0.15) is 0 Å². The van der Waals surface area contributed by atoms with Gasteiger partial charge in [-0.15, -0.1) is 11.3 Å². The number of primary amides is 2. The number of rotatable bonds is 4. The highest BCUT2D eigenvalue weighted by Crippen LogP contribution is 2.40. The summed E-state index contributed by atoms with van der Waals surface area (Å²) >= 11 is 1.08. The molecule has 2 unspecified atom stereocenters. The Balaban J connectivity index is 2.38. The van der Waals surface area contributed by atoms with Gasteiger partial charge in [0, 0.05) is 6.04 Å². The predicted octanol–water partition coefficient (Wildman–Crippen LogP) is 0.348. The third-order valence-corrected chi connectivity index (χ3v) is 3.99. The molecule has 7 heteroatoms. The van der Waals surface area contributed by atoms with Crippen molar-refractivity contribution in [3.8, 4) is 0 Å². The summed E-state index contributed by atoms with van der Waals surface area (Å²) in [6.07, 6.45) is 1.03. The van der Waals surface area contributed by atoms with Crippen LogP contribution in [0.15, 0.2) is 0 Å². The Bertz CT molecular complexity index is 497. The molecule has 2 atom stereocenters. The van der Waals surface area contributed by atoms with Gasteiger partial charge in [-0.25, -0.2) is 0 Å². The van der Waals surface area contributed by atoms with Crippen LogP contribution < -0.4 is 22.5 Å². The minimum atomic E-state index is -0.651. The van der Waals surface area contributed by atoms with Gasteiger partial charge in [-0.1, -0.05) is 6.92 Å². The van der Waals surface area contributed by atoms with E-state index in [1.54, 1.807) is 0 Å². The lowest BCUT2D eigenvalue weighted by atomic mass is 10.2. The minimum absolute atomic E-state index is 0.0748. The number of nitrogen functional groups attached to an aromatic ring is 1. The number of hydrogen-bond donors (Lipinski definition) is 4. The monoisotopic (exact) mass is 254 g/mol. The molecule has 1 saturated carbocycles. The van der Waals surface area contributed by atoms with Crippen LogP contribution in [0.5, 0.6) is 0 Å². The zero-order valence-corrected chi connectivity index (χ0v) is 10.1. The standard InChI is InChI=1S/C10H14N4O2S/c1-3-2-4(3)14-10-5(8(12)15)6(11)7(17-10)9(13)16/h3-4,14H,2,11H2,1H3,(H2,12,15)(H2,13,16). The number of carbonyl (C=O) groups is 2. The molecule has 1 heterocycles. The van der Waals surface area contributed by atoms with Crippen LogP contribution in [0.4, 0.5) is 10.7 Å². The first-order valence-electron chi connectivity index (χ1n) is 5.20. The zero-order chi connectivity index (χ0) is 12.7. The molecule has 0 aromatic carbocycles. The molecule has 1 aliphatic rings. The summed E-state index contributed by atoms with van der Waals surface area (Å²) in [6, 6.07) is 0.312. The molecule has 1 aromatic rings. The Morgan fingerprint density at radius 2 is 1.94 bits per heavy atom. The minimum Gasteiger partial charge on any atom is -0.397 e. The second kappa shape index (κ2) is 3.92. The van der Waals surface area contributed by atoms with Crippen LogP contribution in [0.1, 0.15) is 33.4 Å². The van der Waals surface area contributed by atoms with Crippen molar-refractivity contribution >= 4 is 33.8 Å². The van der Waals surface area contributed by atoms with E-state index in [1.807, 2.05) is 0 Å². The van der Waals surface area contributed by atoms with Gasteiger partial charge >= 0.3 is 0 Å². The smallest absolute Gasteiger partial charge is 0.260 e.